The van der Waals surface area contributed by atoms with E-state index in [4.69, 9.17) is 0 Å². The highest BCUT2D eigenvalue weighted by Gasteiger charge is 2.22. The zero-order valence-electron chi connectivity index (χ0n) is 12.7. The predicted molar refractivity (Wildman–Crippen MR) is 83.0 cm³/mol. The van der Waals surface area contributed by atoms with Gasteiger partial charge in [-0.05, 0) is 44.4 Å². The second-order valence-corrected chi connectivity index (χ2v) is 6.49. The third-order valence-corrected chi connectivity index (χ3v) is 5.08. The van der Waals surface area contributed by atoms with Gasteiger partial charge in [-0.25, -0.2) is 9.97 Å². The van der Waals surface area contributed by atoms with E-state index in [1.165, 1.54) is 62.6 Å². The number of fused-ring (bicyclic) bond motifs is 1. The van der Waals surface area contributed by atoms with Crippen molar-refractivity contribution in [3.63, 3.8) is 0 Å². The van der Waals surface area contributed by atoms with Crippen LogP contribution in [0.5, 0.6) is 0 Å². The molecule has 2 atom stereocenters. The van der Waals surface area contributed by atoms with Crippen molar-refractivity contribution < 1.29 is 0 Å². The van der Waals surface area contributed by atoms with Gasteiger partial charge in [-0.15, -0.1) is 0 Å². The van der Waals surface area contributed by atoms with Crippen molar-refractivity contribution in [3.05, 3.63) is 17.6 Å². The molecule has 0 spiro atoms. The number of nitrogens with zero attached hydrogens (tertiary/aromatic N) is 2. The van der Waals surface area contributed by atoms with Crippen LogP contribution in [0.1, 0.15) is 69.5 Å². The average Bonchev–Trinajstić information content (AvgIpc) is 2.73. The van der Waals surface area contributed by atoms with Gasteiger partial charge in [-0.1, -0.05) is 32.6 Å². The second-order valence-electron chi connectivity index (χ2n) is 6.49. The fourth-order valence-corrected chi connectivity index (χ4v) is 3.81. The van der Waals surface area contributed by atoms with Gasteiger partial charge < -0.3 is 5.32 Å². The number of aromatic nitrogens is 2. The number of nitrogens with one attached hydrogen (secondary N) is 1. The van der Waals surface area contributed by atoms with Gasteiger partial charge in [0.05, 0.1) is 0 Å². The summed E-state index contributed by atoms with van der Waals surface area (Å²) >= 11 is 0. The van der Waals surface area contributed by atoms with E-state index >= 15 is 0 Å². The number of anilines is 1. The number of aryl methyl sites for hydroxylation is 1. The zero-order chi connectivity index (χ0) is 13.8. The maximum absolute atomic E-state index is 4.56. The van der Waals surface area contributed by atoms with Gasteiger partial charge in [0.2, 0.25) is 0 Å². The summed E-state index contributed by atoms with van der Waals surface area (Å²) in [6.45, 7) is 2.32. The molecule has 1 heterocycles. The fraction of sp³-hybridized carbons (Fsp3) is 0.765. The quantitative estimate of drug-likeness (QED) is 0.842. The maximum atomic E-state index is 4.56. The summed E-state index contributed by atoms with van der Waals surface area (Å²) in [6.07, 6.45) is 14.7. The third kappa shape index (κ3) is 3.13. The van der Waals surface area contributed by atoms with Crippen LogP contribution in [0.2, 0.25) is 0 Å². The first-order chi connectivity index (χ1) is 9.86. The molecule has 1 aromatic heterocycles. The highest BCUT2D eigenvalue weighted by atomic mass is 15.0. The normalized spacial score (nSPS) is 26.6. The first-order valence-corrected chi connectivity index (χ1v) is 8.46. The van der Waals surface area contributed by atoms with Crippen LogP contribution in [0.25, 0.3) is 0 Å². The van der Waals surface area contributed by atoms with Crippen LogP contribution in [-0.4, -0.2) is 16.0 Å². The van der Waals surface area contributed by atoms with Gasteiger partial charge >= 0.3 is 0 Å². The molecule has 0 amide bonds. The van der Waals surface area contributed by atoms with Gasteiger partial charge in [0, 0.05) is 17.3 Å². The van der Waals surface area contributed by atoms with Crippen molar-refractivity contribution in [1.82, 2.24) is 9.97 Å². The summed E-state index contributed by atoms with van der Waals surface area (Å²) in [5, 5.41) is 3.75. The summed E-state index contributed by atoms with van der Waals surface area (Å²) in [4.78, 5) is 9.07. The monoisotopic (exact) mass is 273 g/mol. The Balaban J connectivity index is 1.74. The van der Waals surface area contributed by atoms with E-state index in [0.717, 1.165) is 24.6 Å². The summed E-state index contributed by atoms with van der Waals surface area (Å²) < 4.78 is 0. The molecular weight excluding hydrogens is 246 g/mol. The van der Waals surface area contributed by atoms with Crippen molar-refractivity contribution in [2.24, 2.45) is 5.92 Å². The maximum Gasteiger partial charge on any atom is 0.133 e. The number of hydrogen-bond acceptors (Lipinski definition) is 3. The van der Waals surface area contributed by atoms with Gasteiger partial charge in [0.1, 0.15) is 12.1 Å². The average molecular weight is 273 g/mol. The molecule has 110 valence electrons. The van der Waals surface area contributed by atoms with Gasteiger partial charge in [0.25, 0.3) is 0 Å². The minimum Gasteiger partial charge on any atom is -0.367 e. The minimum atomic E-state index is 0.621. The number of rotatable bonds is 3. The summed E-state index contributed by atoms with van der Waals surface area (Å²) in [5.41, 5.74) is 2.70. The van der Waals surface area contributed by atoms with Crippen LogP contribution < -0.4 is 5.32 Å². The Kier molecular flexibility index (Phi) is 4.54. The first-order valence-electron chi connectivity index (χ1n) is 8.46. The standard InChI is InChI=1S/C17H27N3/c1-2-13-7-6-8-14(11-13)20-17-15-9-4-3-5-10-16(15)18-12-19-17/h12-14H,2-11H2,1H3,(H,18,19,20). The van der Waals surface area contributed by atoms with Crippen molar-refractivity contribution in [2.75, 3.05) is 5.32 Å². The van der Waals surface area contributed by atoms with Crippen molar-refractivity contribution in [2.45, 2.75) is 77.2 Å². The Bertz CT molecular complexity index is 444. The smallest absolute Gasteiger partial charge is 0.133 e. The number of hydrogen-bond donors (Lipinski definition) is 1. The van der Waals surface area contributed by atoms with Crippen LogP contribution in [-0.2, 0) is 12.8 Å². The van der Waals surface area contributed by atoms with Crippen LogP contribution in [0.15, 0.2) is 6.33 Å². The summed E-state index contributed by atoms with van der Waals surface area (Å²) in [5.74, 6) is 2.04. The second kappa shape index (κ2) is 6.55. The van der Waals surface area contributed by atoms with Crippen LogP contribution >= 0.6 is 0 Å². The molecular formula is C17H27N3. The lowest BCUT2D eigenvalue weighted by atomic mass is 9.84. The summed E-state index contributed by atoms with van der Waals surface area (Å²) in [6, 6.07) is 0.621. The van der Waals surface area contributed by atoms with Gasteiger partial charge in [0.15, 0.2) is 0 Å². The van der Waals surface area contributed by atoms with Crippen molar-refractivity contribution in [3.8, 4) is 0 Å². The molecule has 0 aliphatic heterocycles. The highest BCUT2D eigenvalue weighted by Crippen LogP contribution is 2.30. The van der Waals surface area contributed by atoms with Gasteiger partial charge in [-0.2, -0.15) is 0 Å². The van der Waals surface area contributed by atoms with E-state index in [0.29, 0.717) is 6.04 Å². The molecule has 20 heavy (non-hydrogen) atoms. The van der Waals surface area contributed by atoms with E-state index in [1.807, 2.05) is 0 Å². The Morgan fingerprint density at radius 1 is 1.10 bits per heavy atom. The Hall–Kier alpha value is -1.12. The molecule has 1 N–H and O–H groups in total. The highest BCUT2D eigenvalue weighted by molar-refractivity contribution is 5.47. The van der Waals surface area contributed by atoms with E-state index in [1.54, 1.807) is 6.33 Å². The molecule has 1 saturated carbocycles. The lowest BCUT2D eigenvalue weighted by Crippen LogP contribution is -2.28. The lowest BCUT2D eigenvalue weighted by molar-refractivity contribution is 0.327. The Morgan fingerprint density at radius 2 is 2.00 bits per heavy atom. The molecule has 0 aromatic carbocycles. The molecule has 0 radical (unpaired) electrons. The van der Waals surface area contributed by atoms with E-state index in [2.05, 4.69) is 22.2 Å². The molecule has 3 rings (SSSR count). The molecule has 0 saturated heterocycles. The molecule has 2 aliphatic rings. The Labute approximate surface area is 122 Å². The molecule has 3 nitrogen and oxygen atoms in total. The van der Waals surface area contributed by atoms with Crippen LogP contribution in [0.4, 0.5) is 5.82 Å². The van der Waals surface area contributed by atoms with E-state index in [9.17, 15) is 0 Å². The summed E-state index contributed by atoms with van der Waals surface area (Å²) in [7, 11) is 0. The molecule has 2 unspecified atom stereocenters. The van der Waals surface area contributed by atoms with Crippen molar-refractivity contribution in [1.29, 1.82) is 0 Å². The predicted octanol–water partition coefficient (Wildman–Crippen LogP) is 4.13. The molecule has 1 fully saturated rings. The lowest BCUT2D eigenvalue weighted by Gasteiger charge is -2.30. The van der Waals surface area contributed by atoms with E-state index in [-0.39, 0.29) is 0 Å². The van der Waals surface area contributed by atoms with Gasteiger partial charge in [-0.3, -0.25) is 0 Å². The molecule has 3 heteroatoms. The molecule has 2 aliphatic carbocycles. The first kappa shape index (κ1) is 13.8. The minimum absolute atomic E-state index is 0.621. The largest absolute Gasteiger partial charge is 0.367 e. The topological polar surface area (TPSA) is 37.8 Å². The third-order valence-electron chi connectivity index (χ3n) is 5.08. The Morgan fingerprint density at radius 3 is 2.90 bits per heavy atom. The SMILES string of the molecule is CCC1CCCC(Nc2ncnc3c2CCCCC3)C1. The zero-order valence-corrected chi connectivity index (χ0v) is 12.7. The van der Waals surface area contributed by atoms with Crippen molar-refractivity contribution >= 4 is 5.82 Å². The van der Waals surface area contributed by atoms with E-state index < -0.39 is 0 Å². The van der Waals surface area contributed by atoms with Crippen LogP contribution in [0.3, 0.4) is 0 Å². The van der Waals surface area contributed by atoms with Crippen LogP contribution in [0, 0.1) is 5.92 Å². The molecule has 1 aromatic rings. The molecule has 0 bridgehead atoms. The fourth-order valence-electron chi connectivity index (χ4n) is 3.81.